The van der Waals surface area contributed by atoms with Gasteiger partial charge in [-0.15, -0.1) is 0 Å². The highest BCUT2D eigenvalue weighted by atomic mass is 16.5. The first-order chi connectivity index (χ1) is 10.1. The van der Waals surface area contributed by atoms with E-state index in [1.807, 2.05) is 6.92 Å². The molecule has 2 N–H and O–H groups in total. The summed E-state index contributed by atoms with van der Waals surface area (Å²) in [5.41, 5.74) is 0. The average molecular weight is 299 g/mol. The number of hydrogen-bond acceptors (Lipinski definition) is 5. The van der Waals surface area contributed by atoms with Crippen LogP contribution in [0.1, 0.15) is 13.3 Å². The topological polar surface area (TPSA) is 82.1 Å². The highest BCUT2D eigenvalue weighted by Crippen LogP contribution is 2.20. The third-order valence-electron chi connectivity index (χ3n) is 4.22. The van der Waals surface area contributed by atoms with Gasteiger partial charge < -0.3 is 20.1 Å². The van der Waals surface area contributed by atoms with E-state index in [0.717, 1.165) is 32.6 Å². The second kappa shape index (κ2) is 7.72. The molecule has 2 aliphatic rings. The van der Waals surface area contributed by atoms with Crippen LogP contribution in [0, 0.1) is 5.92 Å². The summed E-state index contributed by atoms with van der Waals surface area (Å²) >= 11 is 0. The van der Waals surface area contributed by atoms with E-state index in [0.29, 0.717) is 19.7 Å². The highest BCUT2D eigenvalue weighted by Gasteiger charge is 2.39. The van der Waals surface area contributed by atoms with Crippen molar-refractivity contribution in [2.24, 2.45) is 5.92 Å². The van der Waals surface area contributed by atoms with Crippen LogP contribution in [0.5, 0.6) is 0 Å². The summed E-state index contributed by atoms with van der Waals surface area (Å²) in [6, 6.07) is -0.342. The summed E-state index contributed by atoms with van der Waals surface area (Å²) in [6.45, 7) is 6.91. The molecule has 0 aromatic carbocycles. The minimum absolute atomic E-state index is 0.00106. The monoisotopic (exact) mass is 299 g/mol. The summed E-state index contributed by atoms with van der Waals surface area (Å²) in [5, 5.41) is 12.5. The molecule has 2 atom stereocenters. The Morgan fingerprint density at radius 1 is 1.33 bits per heavy atom. The van der Waals surface area contributed by atoms with Gasteiger partial charge in [-0.05, 0) is 26.4 Å². The lowest BCUT2D eigenvalue weighted by Gasteiger charge is -2.31. The lowest BCUT2D eigenvalue weighted by molar-refractivity contribution is -0.145. The molecule has 0 spiro atoms. The molecule has 2 heterocycles. The van der Waals surface area contributed by atoms with E-state index in [1.54, 1.807) is 4.90 Å². The average Bonchev–Trinajstić information content (AvgIpc) is 2.78. The van der Waals surface area contributed by atoms with Crippen LogP contribution >= 0.6 is 0 Å². The molecule has 120 valence electrons. The number of likely N-dealkylation sites (N-methyl/N-ethyl adjacent to an activating group) is 1. The Bertz CT molecular complexity index is 369. The summed E-state index contributed by atoms with van der Waals surface area (Å²) in [5.74, 6) is -1.50. The molecule has 7 heteroatoms. The Labute approximate surface area is 125 Å². The Balaban J connectivity index is 1.95. The van der Waals surface area contributed by atoms with Crippen molar-refractivity contribution in [1.82, 2.24) is 15.1 Å². The number of ether oxygens (including phenoxy) is 1. The molecule has 2 unspecified atom stereocenters. The smallest absolute Gasteiger partial charge is 0.311 e. The van der Waals surface area contributed by atoms with Crippen LogP contribution in [-0.2, 0) is 14.3 Å². The van der Waals surface area contributed by atoms with Crippen LogP contribution < -0.4 is 5.32 Å². The van der Waals surface area contributed by atoms with Crippen molar-refractivity contribution in [2.75, 3.05) is 52.5 Å². The number of aliphatic carboxylic acids is 1. The highest BCUT2D eigenvalue weighted by molar-refractivity contribution is 5.80. The molecule has 2 saturated heterocycles. The van der Waals surface area contributed by atoms with Crippen LogP contribution in [0.25, 0.3) is 0 Å². The predicted molar refractivity (Wildman–Crippen MR) is 77.0 cm³/mol. The van der Waals surface area contributed by atoms with Crippen molar-refractivity contribution in [2.45, 2.75) is 19.4 Å². The number of carboxylic acid groups (broad SMARTS) is 1. The summed E-state index contributed by atoms with van der Waals surface area (Å²) in [6.07, 6.45) is 1.03. The molecule has 21 heavy (non-hydrogen) atoms. The van der Waals surface area contributed by atoms with E-state index in [9.17, 15) is 14.7 Å². The normalized spacial score (nSPS) is 27.3. The number of nitrogens with one attached hydrogen (secondary N) is 1. The van der Waals surface area contributed by atoms with Crippen molar-refractivity contribution >= 4 is 11.9 Å². The molecular formula is C14H25N3O4. The van der Waals surface area contributed by atoms with E-state index in [2.05, 4.69) is 10.2 Å². The Morgan fingerprint density at radius 2 is 2.14 bits per heavy atom. The lowest BCUT2D eigenvalue weighted by atomic mass is 10.0. The minimum atomic E-state index is -0.886. The van der Waals surface area contributed by atoms with Gasteiger partial charge >= 0.3 is 5.97 Å². The molecule has 1 amide bonds. The zero-order valence-corrected chi connectivity index (χ0v) is 12.6. The van der Waals surface area contributed by atoms with E-state index in [4.69, 9.17) is 4.74 Å². The van der Waals surface area contributed by atoms with Crippen molar-refractivity contribution < 1.29 is 19.4 Å². The molecule has 0 bridgehead atoms. The third kappa shape index (κ3) is 4.15. The second-order valence-electron chi connectivity index (χ2n) is 5.61. The first-order valence-electron chi connectivity index (χ1n) is 7.66. The minimum Gasteiger partial charge on any atom is -0.481 e. The molecule has 0 saturated carbocycles. The van der Waals surface area contributed by atoms with Crippen molar-refractivity contribution in [3.05, 3.63) is 0 Å². The molecule has 2 aliphatic heterocycles. The fraction of sp³-hybridized carbons (Fsp3) is 0.857. The number of amides is 1. The molecule has 7 nitrogen and oxygen atoms in total. The van der Waals surface area contributed by atoms with Gasteiger partial charge in [0.1, 0.15) is 5.92 Å². The van der Waals surface area contributed by atoms with Crippen molar-refractivity contribution in [1.29, 1.82) is 0 Å². The Kier molecular flexibility index (Phi) is 5.96. The summed E-state index contributed by atoms with van der Waals surface area (Å²) in [7, 11) is 0. The molecule has 2 fully saturated rings. The zero-order valence-electron chi connectivity index (χ0n) is 12.6. The third-order valence-corrected chi connectivity index (χ3v) is 4.22. The fourth-order valence-corrected chi connectivity index (χ4v) is 3.02. The van der Waals surface area contributed by atoms with Gasteiger partial charge in [0.15, 0.2) is 0 Å². The molecule has 0 aromatic heterocycles. The molecule has 0 aliphatic carbocycles. The van der Waals surface area contributed by atoms with Crippen LogP contribution in [-0.4, -0.2) is 85.3 Å². The number of hydrogen-bond donors (Lipinski definition) is 2. The number of carboxylic acids is 1. The molecular weight excluding hydrogens is 274 g/mol. The Morgan fingerprint density at radius 3 is 2.86 bits per heavy atom. The van der Waals surface area contributed by atoms with Gasteiger partial charge in [0.2, 0.25) is 5.91 Å². The van der Waals surface area contributed by atoms with Gasteiger partial charge in [0.25, 0.3) is 0 Å². The van der Waals surface area contributed by atoms with Gasteiger partial charge in [-0.3, -0.25) is 14.5 Å². The SMILES string of the molecule is CCN(C(=O)CN1CCCNCC1)C1COCC1C(=O)O. The number of nitrogens with zero attached hydrogens (tertiary/aromatic N) is 2. The van der Waals surface area contributed by atoms with Crippen LogP contribution in [0.4, 0.5) is 0 Å². The van der Waals surface area contributed by atoms with Gasteiger partial charge in [-0.2, -0.15) is 0 Å². The van der Waals surface area contributed by atoms with Crippen LogP contribution in [0.15, 0.2) is 0 Å². The van der Waals surface area contributed by atoms with Gasteiger partial charge in [-0.25, -0.2) is 0 Å². The van der Waals surface area contributed by atoms with Crippen molar-refractivity contribution in [3.8, 4) is 0 Å². The van der Waals surface area contributed by atoms with E-state index < -0.39 is 11.9 Å². The maximum absolute atomic E-state index is 12.5. The molecule has 0 radical (unpaired) electrons. The van der Waals surface area contributed by atoms with Gasteiger partial charge in [-0.1, -0.05) is 0 Å². The number of carbonyl (C=O) groups excluding carboxylic acids is 1. The quantitative estimate of drug-likeness (QED) is 0.694. The predicted octanol–water partition coefficient (Wildman–Crippen LogP) is -0.770. The maximum atomic E-state index is 12.5. The largest absolute Gasteiger partial charge is 0.481 e. The first-order valence-corrected chi connectivity index (χ1v) is 7.66. The maximum Gasteiger partial charge on any atom is 0.311 e. The second-order valence-corrected chi connectivity index (χ2v) is 5.61. The van der Waals surface area contributed by atoms with E-state index in [-0.39, 0.29) is 18.6 Å². The molecule has 0 aromatic rings. The molecule has 2 rings (SSSR count). The Hall–Kier alpha value is -1.18. The van der Waals surface area contributed by atoms with Crippen LogP contribution in [0.2, 0.25) is 0 Å². The van der Waals surface area contributed by atoms with E-state index >= 15 is 0 Å². The number of carbonyl (C=O) groups is 2. The fourth-order valence-electron chi connectivity index (χ4n) is 3.02. The lowest BCUT2D eigenvalue weighted by Crippen LogP contribution is -2.50. The standard InChI is InChI=1S/C14H25N3O4/c1-2-17(12-10-21-9-11(12)14(19)20)13(18)8-16-6-3-4-15-5-7-16/h11-12,15H,2-10H2,1H3,(H,19,20). The van der Waals surface area contributed by atoms with E-state index in [1.165, 1.54) is 0 Å². The van der Waals surface area contributed by atoms with Gasteiger partial charge in [0, 0.05) is 19.6 Å². The van der Waals surface area contributed by atoms with Crippen molar-refractivity contribution in [3.63, 3.8) is 0 Å². The van der Waals surface area contributed by atoms with Crippen LogP contribution in [0.3, 0.4) is 0 Å². The summed E-state index contributed by atoms with van der Waals surface area (Å²) in [4.78, 5) is 27.6. The summed E-state index contributed by atoms with van der Waals surface area (Å²) < 4.78 is 5.28. The zero-order chi connectivity index (χ0) is 15.2. The van der Waals surface area contributed by atoms with Gasteiger partial charge in [0.05, 0.1) is 25.8 Å². The number of rotatable bonds is 5. The first kappa shape index (κ1) is 16.2.